The van der Waals surface area contributed by atoms with E-state index in [1.54, 1.807) is 33.2 Å². The number of pyridine rings is 2. The molecule has 0 spiro atoms. The third-order valence-corrected chi connectivity index (χ3v) is 5.17. The summed E-state index contributed by atoms with van der Waals surface area (Å²) < 4.78 is 20.2. The Balaban J connectivity index is 1.83. The topological polar surface area (TPSA) is 131 Å². The number of primary amides is 1. The maximum Gasteiger partial charge on any atom is 0.407 e. The number of hydrogen-bond acceptors (Lipinski definition) is 7. The van der Waals surface area contributed by atoms with Gasteiger partial charge in [0.05, 0.1) is 23.5 Å². The van der Waals surface area contributed by atoms with Crippen molar-refractivity contribution < 1.29 is 18.7 Å². The fourth-order valence-corrected chi connectivity index (χ4v) is 3.74. The van der Waals surface area contributed by atoms with Gasteiger partial charge in [0.15, 0.2) is 11.6 Å². The monoisotopic (exact) mass is 458 g/mol. The van der Waals surface area contributed by atoms with Gasteiger partial charge in [-0.25, -0.2) is 14.2 Å². The third kappa shape index (κ3) is 6.77. The first-order valence-electron chi connectivity index (χ1n) is 11.0. The zero-order valence-electron chi connectivity index (χ0n) is 19.4. The lowest BCUT2D eigenvalue weighted by Crippen LogP contribution is -2.50. The molecule has 2 amide bonds. The summed E-state index contributed by atoms with van der Waals surface area (Å²) in [4.78, 5) is 32.6. The molecule has 2 heterocycles. The van der Waals surface area contributed by atoms with E-state index in [-0.39, 0.29) is 29.3 Å². The Morgan fingerprint density at radius 1 is 1.12 bits per heavy atom. The normalized spacial score (nSPS) is 18.3. The number of aryl methyl sites for hydroxylation is 1. The molecule has 5 N–H and O–H groups in total. The van der Waals surface area contributed by atoms with Crippen LogP contribution in [-0.2, 0) is 4.74 Å². The third-order valence-electron chi connectivity index (χ3n) is 5.17. The Morgan fingerprint density at radius 3 is 2.45 bits per heavy atom. The Morgan fingerprint density at radius 2 is 1.82 bits per heavy atom. The van der Waals surface area contributed by atoms with Crippen molar-refractivity contribution in [2.24, 2.45) is 5.73 Å². The Kier molecular flexibility index (Phi) is 7.35. The summed E-state index contributed by atoms with van der Waals surface area (Å²) in [7, 11) is 0. The maximum atomic E-state index is 14.9. The van der Waals surface area contributed by atoms with Gasteiger partial charge in [0.2, 0.25) is 0 Å². The van der Waals surface area contributed by atoms with Crippen LogP contribution in [0.2, 0.25) is 0 Å². The second-order valence-electron chi connectivity index (χ2n) is 9.24. The van der Waals surface area contributed by atoms with Gasteiger partial charge in [0, 0.05) is 12.2 Å². The smallest absolute Gasteiger partial charge is 0.407 e. The highest BCUT2D eigenvalue weighted by Gasteiger charge is 2.30. The number of nitrogens with one attached hydrogen (secondary N) is 3. The Bertz CT molecular complexity index is 1020. The average molecular weight is 459 g/mol. The highest BCUT2D eigenvalue weighted by atomic mass is 19.1. The molecule has 0 unspecified atom stereocenters. The van der Waals surface area contributed by atoms with Gasteiger partial charge in [-0.2, -0.15) is 0 Å². The molecule has 2 aromatic rings. The van der Waals surface area contributed by atoms with Crippen LogP contribution in [0.5, 0.6) is 0 Å². The fraction of sp³-hybridized carbons (Fsp3) is 0.478. The van der Waals surface area contributed by atoms with Gasteiger partial charge in [0.25, 0.3) is 5.91 Å². The molecular formula is C23H31FN6O3. The minimum Gasteiger partial charge on any atom is -0.444 e. The average Bonchev–Trinajstić information content (AvgIpc) is 2.70. The molecular weight excluding hydrogens is 427 g/mol. The number of nitrogens with zero attached hydrogens (tertiary/aromatic N) is 2. The Hall–Kier alpha value is -3.43. The number of hydrogen-bond donors (Lipinski definition) is 4. The first-order valence-corrected chi connectivity index (χ1v) is 11.0. The van der Waals surface area contributed by atoms with Crippen molar-refractivity contribution in [3.63, 3.8) is 0 Å². The van der Waals surface area contributed by atoms with Crippen LogP contribution >= 0.6 is 0 Å². The van der Waals surface area contributed by atoms with E-state index in [2.05, 4.69) is 25.9 Å². The van der Waals surface area contributed by atoms with Gasteiger partial charge >= 0.3 is 6.09 Å². The summed E-state index contributed by atoms with van der Waals surface area (Å²) >= 11 is 0. The largest absolute Gasteiger partial charge is 0.444 e. The number of halogens is 1. The van der Waals surface area contributed by atoms with Gasteiger partial charge in [0.1, 0.15) is 11.4 Å². The van der Waals surface area contributed by atoms with Gasteiger partial charge in [-0.15, -0.1) is 0 Å². The molecule has 9 nitrogen and oxygen atoms in total. The van der Waals surface area contributed by atoms with E-state index in [1.807, 2.05) is 13.0 Å². The number of carbonyl (C=O) groups excluding carboxylic acids is 2. The summed E-state index contributed by atoms with van der Waals surface area (Å²) in [6.45, 7) is 7.25. The maximum absolute atomic E-state index is 14.9. The van der Waals surface area contributed by atoms with Crippen LogP contribution < -0.4 is 21.7 Å². The number of aromatic nitrogens is 2. The predicted molar refractivity (Wildman–Crippen MR) is 124 cm³/mol. The first kappa shape index (κ1) is 24.2. The van der Waals surface area contributed by atoms with Gasteiger partial charge in [-0.3, -0.25) is 9.78 Å². The SMILES string of the molecule is Cc1cncc(Nc2nc(N[C@H]3CCCC[C@H]3NC(=O)OC(C)(C)C)c(F)cc2C(N)=O)c1. The molecule has 0 aliphatic heterocycles. The molecule has 178 valence electrons. The van der Waals surface area contributed by atoms with Crippen molar-refractivity contribution in [3.8, 4) is 0 Å². The molecule has 0 bridgehead atoms. The van der Waals surface area contributed by atoms with Crippen molar-refractivity contribution in [2.75, 3.05) is 10.6 Å². The van der Waals surface area contributed by atoms with Crippen LogP contribution in [0.15, 0.2) is 24.5 Å². The molecule has 1 fully saturated rings. The van der Waals surface area contributed by atoms with Crippen LogP contribution in [0.1, 0.15) is 62.4 Å². The lowest BCUT2D eigenvalue weighted by Gasteiger charge is -2.34. The number of rotatable bonds is 6. The number of anilines is 3. The lowest BCUT2D eigenvalue weighted by molar-refractivity contribution is 0.0488. The highest BCUT2D eigenvalue weighted by molar-refractivity contribution is 5.98. The van der Waals surface area contributed by atoms with Gasteiger partial charge < -0.3 is 26.4 Å². The number of alkyl carbamates (subject to hydrolysis) is 1. The first-order chi connectivity index (χ1) is 15.5. The van der Waals surface area contributed by atoms with Crippen LogP contribution in [0.4, 0.5) is 26.5 Å². The molecule has 0 aromatic carbocycles. The second-order valence-corrected chi connectivity index (χ2v) is 9.24. The summed E-state index contributed by atoms with van der Waals surface area (Å²) in [5, 5.41) is 8.99. The van der Waals surface area contributed by atoms with Crippen molar-refractivity contribution in [1.82, 2.24) is 15.3 Å². The van der Waals surface area contributed by atoms with Gasteiger partial charge in [-0.1, -0.05) is 12.8 Å². The summed E-state index contributed by atoms with van der Waals surface area (Å²) in [5.41, 5.74) is 6.24. The molecule has 3 rings (SSSR count). The fourth-order valence-electron chi connectivity index (χ4n) is 3.74. The zero-order chi connectivity index (χ0) is 24.2. The quantitative estimate of drug-likeness (QED) is 0.514. The summed E-state index contributed by atoms with van der Waals surface area (Å²) in [5.74, 6) is -1.44. The molecule has 33 heavy (non-hydrogen) atoms. The second kappa shape index (κ2) is 10.0. The van der Waals surface area contributed by atoms with E-state index < -0.39 is 23.4 Å². The van der Waals surface area contributed by atoms with Crippen LogP contribution in [-0.4, -0.2) is 39.7 Å². The number of ether oxygens (including phenoxy) is 1. The van der Waals surface area contributed by atoms with E-state index in [0.717, 1.165) is 30.9 Å². The van der Waals surface area contributed by atoms with Crippen LogP contribution in [0, 0.1) is 12.7 Å². The predicted octanol–water partition coefficient (Wildman–Crippen LogP) is 4.01. The van der Waals surface area contributed by atoms with Crippen molar-refractivity contribution in [1.29, 1.82) is 0 Å². The molecule has 1 aliphatic rings. The van der Waals surface area contributed by atoms with E-state index >= 15 is 0 Å². The zero-order valence-corrected chi connectivity index (χ0v) is 19.4. The molecule has 0 radical (unpaired) electrons. The molecule has 2 atom stereocenters. The molecule has 0 saturated heterocycles. The van der Waals surface area contributed by atoms with Crippen molar-refractivity contribution in [2.45, 2.75) is 71.1 Å². The van der Waals surface area contributed by atoms with E-state index in [9.17, 15) is 14.0 Å². The van der Waals surface area contributed by atoms with Crippen LogP contribution in [0.25, 0.3) is 0 Å². The molecule has 10 heteroatoms. The number of carbonyl (C=O) groups is 2. The van der Waals surface area contributed by atoms with Crippen LogP contribution in [0.3, 0.4) is 0 Å². The van der Waals surface area contributed by atoms with Crippen molar-refractivity contribution in [3.05, 3.63) is 41.5 Å². The van der Waals surface area contributed by atoms with E-state index in [4.69, 9.17) is 10.5 Å². The van der Waals surface area contributed by atoms with Gasteiger partial charge in [-0.05, 0) is 58.2 Å². The van der Waals surface area contributed by atoms with E-state index in [1.165, 1.54) is 0 Å². The number of amides is 2. The lowest BCUT2D eigenvalue weighted by atomic mass is 9.90. The van der Waals surface area contributed by atoms with E-state index in [0.29, 0.717) is 12.1 Å². The standard InChI is InChI=1S/C23H31FN6O3/c1-13-9-14(12-26-11-13)27-20-15(19(25)31)10-16(24)21(30-20)28-17-7-5-6-8-18(17)29-22(32)33-23(2,3)4/h9-12,17-18H,5-8H2,1-4H3,(H2,25,31)(H,29,32)(H2,27,28,30)/t17-,18+/m0/s1. The molecule has 2 aromatic heterocycles. The molecule has 1 aliphatic carbocycles. The molecule has 1 saturated carbocycles. The minimum absolute atomic E-state index is 0.0361. The summed E-state index contributed by atoms with van der Waals surface area (Å²) in [6, 6.07) is 2.35. The highest BCUT2D eigenvalue weighted by Crippen LogP contribution is 2.27. The summed E-state index contributed by atoms with van der Waals surface area (Å²) in [6.07, 6.45) is 6.02. The number of nitrogens with two attached hydrogens (primary N) is 1. The van der Waals surface area contributed by atoms with Crippen molar-refractivity contribution >= 4 is 29.3 Å². The Labute approximate surface area is 192 Å². The minimum atomic E-state index is -0.807.